The molecule has 0 spiro atoms. The number of anilines is 2. The fourth-order valence-electron chi connectivity index (χ4n) is 4.32. The molecule has 4 rings (SSSR count). The number of hydrogen-bond acceptors (Lipinski definition) is 6. The summed E-state index contributed by atoms with van der Waals surface area (Å²) in [6, 6.07) is 8.50. The maximum absolute atomic E-state index is 12.7. The van der Waals surface area contributed by atoms with Crippen LogP contribution in [-0.2, 0) is 4.79 Å². The number of benzene rings is 1. The number of nitro groups is 1. The molecule has 29 heavy (non-hydrogen) atoms. The molecule has 2 fully saturated rings. The van der Waals surface area contributed by atoms with Gasteiger partial charge in [-0.1, -0.05) is 25.0 Å². The maximum Gasteiger partial charge on any atom is 0.292 e. The largest absolute Gasteiger partial charge is 0.366 e. The Labute approximate surface area is 169 Å². The smallest absolute Gasteiger partial charge is 0.292 e. The summed E-state index contributed by atoms with van der Waals surface area (Å²) in [5, 5.41) is 14.2. The molecule has 0 unspecified atom stereocenters. The molecule has 8 heteroatoms. The van der Waals surface area contributed by atoms with E-state index < -0.39 is 0 Å². The molecule has 1 aromatic carbocycles. The molecule has 2 aromatic rings. The molecule has 1 aliphatic heterocycles. The van der Waals surface area contributed by atoms with Gasteiger partial charge in [0.1, 0.15) is 17.3 Å². The van der Waals surface area contributed by atoms with Crippen LogP contribution < -0.4 is 10.2 Å². The maximum atomic E-state index is 12.7. The minimum Gasteiger partial charge on any atom is -0.366 e. The first-order chi connectivity index (χ1) is 14.1. The molecule has 2 heterocycles. The summed E-state index contributed by atoms with van der Waals surface area (Å²) in [7, 11) is 0. The first-order valence-corrected chi connectivity index (χ1v) is 10.2. The molecule has 2 aliphatic rings. The van der Waals surface area contributed by atoms with Crippen LogP contribution in [0.15, 0.2) is 36.5 Å². The number of para-hydroxylation sites is 2. The molecular formula is C21H25N5O3. The molecule has 1 aromatic heterocycles. The molecular weight excluding hydrogens is 370 g/mol. The van der Waals surface area contributed by atoms with Gasteiger partial charge in [-0.15, -0.1) is 0 Å². The average Bonchev–Trinajstić information content (AvgIpc) is 3.29. The summed E-state index contributed by atoms with van der Waals surface area (Å²) in [5.41, 5.74) is 0.726. The molecule has 1 aliphatic carbocycles. The van der Waals surface area contributed by atoms with Crippen molar-refractivity contribution in [3.05, 3.63) is 52.5 Å². The van der Waals surface area contributed by atoms with Crippen molar-refractivity contribution < 1.29 is 9.72 Å². The second kappa shape index (κ2) is 8.55. The third-order valence-electron chi connectivity index (χ3n) is 5.93. The zero-order chi connectivity index (χ0) is 20.2. The number of hydrogen-bond donors (Lipinski definition) is 1. The minimum atomic E-state index is -0.356. The summed E-state index contributed by atoms with van der Waals surface area (Å²) in [6.07, 6.45) is 7.67. The fraction of sp³-hybridized carbons (Fsp3) is 0.476. The van der Waals surface area contributed by atoms with E-state index in [9.17, 15) is 14.9 Å². The second-order valence-electron chi connectivity index (χ2n) is 7.78. The zero-order valence-corrected chi connectivity index (χ0v) is 16.3. The Bertz CT molecular complexity index is 889. The number of carbonyl (C=O) groups excluding carboxylic acids is 1. The minimum absolute atomic E-state index is 0.0386. The number of aromatic nitrogens is 2. The van der Waals surface area contributed by atoms with Crippen LogP contribution in [0.3, 0.4) is 0 Å². The Morgan fingerprint density at radius 2 is 1.83 bits per heavy atom. The van der Waals surface area contributed by atoms with Crippen molar-refractivity contribution in [1.29, 1.82) is 0 Å². The van der Waals surface area contributed by atoms with Gasteiger partial charge in [0.25, 0.3) is 5.69 Å². The lowest BCUT2D eigenvalue weighted by Crippen LogP contribution is -2.38. The Balaban J connectivity index is 1.36. The van der Waals surface area contributed by atoms with Gasteiger partial charge in [0.05, 0.1) is 4.92 Å². The van der Waals surface area contributed by atoms with E-state index in [0.29, 0.717) is 43.4 Å². The monoisotopic (exact) mass is 395 g/mol. The van der Waals surface area contributed by atoms with Crippen LogP contribution in [0.2, 0.25) is 0 Å². The lowest BCUT2D eigenvalue weighted by atomic mass is 9.95. The Morgan fingerprint density at radius 3 is 2.55 bits per heavy atom. The van der Waals surface area contributed by atoms with Crippen LogP contribution in [0.1, 0.15) is 50.3 Å². The average molecular weight is 395 g/mol. The van der Waals surface area contributed by atoms with Crippen molar-refractivity contribution in [1.82, 2.24) is 9.97 Å². The van der Waals surface area contributed by atoms with Crippen molar-refractivity contribution >= 4 is 23.1 Å². The number of nitrogens with one attached hydrogen (secondary N) is 1. The normalized spacial score (nSPS) is 18.0. The number of nitro benzene ring substituents is 1. The van der Waals surface area contributed by atoms with Gasteiger partial charge in [-0.3, -0.25) is 14.9 Å². The molecule has 0 radical (unpaired) electrons. The van der Waals surface area contributed by atoms with E-state index in [0.717, 1.165) is 18.7 Å². The predicted molar refractivity (Wildman–Crippen MR) is 110 cm³/mol. The SMILES string of the molecule is O=C(Nc1ccnc(C2CCCC2)n1)C1CCN(c2ccccc2[N+](=O)[O-])CC1. The van der Waals surface area contributed by atoms with Crippen LogP contribution in [0.4, 0.5) is 17.2 Å². The number of amides is 1. The van der Waals surface area contributed by atoms with Crippen molar-refractivity contribution in [3.63, 3.8) is 0 Å². The highest BCUT2D eigenvalue weighted by molar-refractivity contribution is 5.91. The highest BCUT2D eigenvalue weighted by Crippen LogP contribution is 2.33. The highest BCUT2D eigenvalue weighted by atomic mass is 16.6. The fourth-order valence-corrected chi connectivity index (χ4v) is 4.32. The second-order valence-corrected chi connectivity index (χ2v) is 7.78. The molecule has 1 saturated heterocycles. The van der Waals surface area contributed by atoms with E-state index in [1.807, 2.05) is 4.90 Å². The summed E-state index contributed by atoms with van der Waals surface area (Å²) in [6.45, 7) is 1.22. The predicted octanol–water partition coefficient (Wildman–Crippen LogP) is 3.90. The Morgan fingerprint density at radius 1 is 1.10 bits per heavy atom. The van der Waals surface area contributed by atoms with Crippen molar-refractivity contribution in [2.45, 2.75) is 44.4 Å². The summed E-state index contributed by atoms with van der Waals surface area (Å²) < 4.78 is 0. The van der Waals surface area contributed by atoms with Crippen molar-refractivity contribution in [2.75, 3.05) is 23.3 Å². The van der Waals surface area contributed by atoms with E-state index in [4.69, 9.17) is 0 Å². The van der Waals surface area contributed by atoms with Crippen LogP contribution in [-0.4, -0.2) is 33.9 Å². The zero-order valence-electron chi connectivity index (χ0n) is 16.3. The number of nitrogens with zero attached hydrogens (tertiary/aromatic N) is 4. The van der Waals surface area contributed by atoms with Crippen molar-refractivity contribution in [3.8, 4) is 0 Å². The molecule has 0 atom stereocenters. The summed E-state index contributed by atoms with van der Waals surface area (Å²) in [4.78, 5) is 34.6. The van der Waals surface area contributed by atoms with Crippen LogP contribution in [0.5, 0.6) is 0 Å². The Hall–Kier alpha value is -3.03. The van der Waals surface area contributed by atoms with Gasteiger partial charge in [0, 0.05) is 37.2 Å². The van der Waals surface area contributed by atoms with E-state index >= 15 is 0 Å². The number of rotatable bonds is 5. The third-order valence-corrected chi connectivity index (χ3v) is 5.93. The summed E-state index contributed by atoms with van der Waals surface area (Å²) >= 11 is 0. The topological polar surface area (TPSA) is 101 Å². The third kappa shape index (κ3) is 4.36. The molecule has 0 bridgehead atoms. The van der Waals surface area contributed by atoms with Crippen molar-refractivity contribution in [2.24, 2.45) is 5.92 Å². The van der Waals surface area contributed by atoms with E-state index in [1.165, 1.54) is 18.9 Å². The van der Waals surface area contributed by atoms with Gasteiger partial charge in [-0.2, -0.15) is 0 Å². The molecule has 8 nitrogen and oxygen atoms in total. The van der Waals surface area contributed by atoms with Gasteiger partial charge in [0.15, 0.2) is 0 Å². The van der Waals surface area contributed by atoms with Gasteiger partial charge in [0.2, 0.25) is 5.91 Å². The lowest BCUT2D eigenvalue weighted by molar-refractivity contribution is -0.384. The summed E-state index contributed by atoms with van der Waals surface area (Å²) in [5.74, 6) is 1.62. The molecule has 152 valence electrons. The quantitative estimate of drug-likeness (QED) is 0.609. The molecule has 1 amide bonds. The van der Waals surface area contributed by atoms with Gasteiger partial charge in [-0.25, -0.2) is 9.97 Å². The van der Waals surface area contributed by atoms with Gasteiger partial charge >= 0.3 is 0 Å². The number of carbonyl (C=O) groups is 1. The van der Waals surface area contributed by atoms with Crippen LogP contribution >= 0.6 is 0 Å². The van der Waals surface area contributed by atoms with Gasteiger partial charge in [-0.05, 0) is 37.8 Å². The first-order valence-electron chi connectivity index (χ1n) is 10.2. The molecule has 1 saturated carbocycles. The highest BCUT2D eigenvalue weighted by Gasteiger charge is 2.28. The molecule has 1 N–H and O–H groups in total. The van der Waals surface area contributed by atoms with Crippen LogP contribution in [0.25, 0.3) is 0 Å². The lowest BCUT2D eigenvalue weighted by Gasteiger charge is -2.32. The number of piperidine rings is 1. The van der Waals surface area contributed by atoms with E-state index in [2.05, 4.69) is 15.3 Å². The van der Waals surface area contributed by atoms with Crippen LogP contribution in [0, 0.1) is 16.0 Å². The Kier molecular flexibility index (Phi) is 5.69. The standard InChI is InChI=1S/C21H25N5O3/c27-21(24-19-9-12-22-20(23-19)15-5-1-2-6-15)16-10-13-25(14-11-16)17-7-3-4-8-18(17)26(28)29/h3-4,7-9,12,15-16H,1-2,5-6,10-11,13-14H2,(H,22,23,24,27). The van der Waals surface area contributed by atoms with E-state index in [-0.39, 0.29) is 22.4 Å². The van der Waals surface area contributed by atoms with Gasteiger partial charge < -0.3 is 10.2 Å². The van der Waals surface area contributed by atoms with E-state index in [1.54, 1.807) is 30.5 Å². The first kappa shape index (κ1) is 19.3.